The predicted molar refractivity (Wildman–Crippen MR) is 94.2 cm³/mol. The maximum atomic E-state index is 11.6. The molecule has 1 aromatic rings. The number of aromatic nitrogens is 2. The van der Waals surface area contributed by atoms with Crippen molar-refractivity contribution in [3.05, 3.63) is 18.1 Å². The number of anilines is 1. The van der Waals surface area contributed by atoms with Gasteiger partial charge in [0.2, 0.25) is 0 Å². The van der Waals surface area contributed by atoms with E-state index in [1.165, 1.54) is 12.8 Å². The van der Waals surface area contributed by atoms with Gasteiger partial charge in [0.05, 0.1) is 0 Å². The van der Waals surface area contributed by atoms with E-state index in [4.69, 9.17) is 4.98 Å². The Kier molecular flexibility index (Phi) is 4.29. The summed E-state index contributed by atoms with van der Waals surface area (Å²) in [4.78, 5) is 26.1. The van der Waals surface area contributed by atoms with E-state index in [-0.39, 0.29) is 5.92 Å². The standard InChI is InChI=1S/C19H28N4O/c1-13(24)14-3-5-15(6-4-14)19-20-10-9-18(21-19)23-16-7-8-17(23)12-22(2)11-16/h9-10,14-17H,3-8,11-12H2,1-2H3. The molecule has 2 saturated heterocycles. The molecule has 0 amide bonds. The summed E-state index contributed by atoms with van der Waals surface area (Å²) in [7, 11) is 2.22. The molecule has 1 aromatic heterocycles. The van der Waals surface area contributed by atoms with Crippen molar-refractivity contribution < 1.29 is 4.79 Å². The van der Waals surface area contributed by atoms with Crippen molar-refractivity contribution in [1.29, 1.82) is 0 Å². The van der Waals surface area contributed by atoms with Gasteiger partial charge >= 0.3 is 0 Å². The second-order valence-electron chi connectivity index (χ2n) is 7.95. The van der Waals surface area contributed by atoms with Crippen LogP contribution in [0.2, 0.25) is 0 Å². The Morgan fingerprint density at radius 1 is 1.08 bits per heavy atom. The van der Waals surface area contributed by atoms with Crippen LogP contribution in [0.5, 0.6) is 0 Å². The Bertz CT molecular complexity index is 597. The Hall–Kier alpha value is -1.49. The van der Waals surface area contributed by atoms with Crippen LogP contribution in [-0.2, 0) is 4.79 Å². The SMILES string of the molecule is CC(=O)C1CCC(c2nccc(N3C4CCC3CN(C)C4)n2)CC1. The van der Waals surface area contributed by atoms with Crippen molar-refractivity contribution in [1.82, 2.24) is 14.9 Å². The van der Waals surface area contributed by atoms with Gasteiger partial charge in [-0.1, -0.05) is 0 Å². The maximum absolute atomic E-state index is 11.6. The molecule has 4 rings (SSSR count). The minimum atomic E-state index is 0.262. The van der Waals surface area contributed by atoms with E-state index >= 15 is 0 Å². The summed E-state index contributed by atoms with van der Waals surface area (Å²) in [5.41, 5.74) is 0. The van der Waals surface area contributed by atoms with Gasteiger partial charge in [-0.25, -0.2) is 9.97 Å². The summed E-state index contributed by atoms with van der Waals surface area (Å²) in [5.74, 6) is 3.14. The van der Waals surface area contributed by atoms with Crippen LogP contribution in [0, 0.1) is 5.92 Å². The third-order valence-corrected chi connectivity index (χ3v) is 6.26. The van der Waals surface area contributed by atoms with Crippen LogP contribution in [0.15, 0.2) is 12.3 Å². The lowest BCUT2D eigenvalue weighted by molar-refractivity contribution is -0.121. The van der Waals surface area contributed by atoms with Gasteiger partial charge in [-0.05, 0) is 58.6 Å². The predicted octanol–water partition coefficient (Wildman–Crippen LogP) is 2.62. The zero-order valence-corrected chi connectivity index (χ0v) is 14.8. The zero-order chi connectivity index (χ0) is 16.7. The quantitative estimate of drug-likeness (QED) is 0.854. The fraction of sp³-hybridized carbons (Fsp3) is 0.737. The summed E-state index contributed by atoms with van der Waals surface area (Å²) < 4.78 is 0. The third kappa shape index (κ3) is 2.94. The first-order chi connectivity index (χ1) is 11.6. The van der Waals surface area contributed by atoms with E-state index in [9.17, 15) is 4.79 Å². The number of hydrogen-bond acceptors (Lipinski definition) is 5. The molecule has 3 aliphatic rings. The van der Waals surface area contributed by atoms with Crippen LogP contribution in [0.1, 0.15) is 57.2 Å². The number of ketones is 1. The number of carbonyl (C=O) groups is 1. The molecule has 0 radical (unpaired) electrons. The van der Waals surface area contributed by atoms with Crippen LogP contribution in [-0.4, -0.2) is 52.9 Å². The minimum Gasteiger partial charge on any atom is -0.348 e. The number of carbonyl (C=O) groups excluding carboxylic acids is 1. The first-order valence-corrected chi connectivity index (χ1v) is 9.42. The van der Waals surface area contributed by atoms with Crippen molar-refractivity contribution >= 4 is 11.6 Å². The molecule has 1 aliphatic carbocycles. The fourth-order valence-corrected chi connectivity index (χ4v) is 4.95. The second kappa shape index (κ2) is 6.43. The summed E-state index contributed by atoms with van der Waals surface area (Å²) in [5, 5.41) is 0. The molecule has 3 fully saturated rings. The normalized spacial score (nSPS) is 33.7. The lowest BCUT2D eigenvalue weighted by atomic mass is 9.80. The highest BCUT2D eigenvalue weighted by Gasteiger charge is 2.39. The minimum absolute atomic E-state index is 0.262. The molecule has 2 aliphatic heterocycles. The molecule has 2 atom stereocenters. The van der Waals surface area contributed by atoms with Gasteiger partial charge in [0.25, 0.3) is 0 Å². The molecule has 2 unspecified atom stereocenters. The largest absolute Gasteiger partial charge is 0.348 e. The number of rotatable bonds is 3. The third-order valence-electron chi connectivity index (χ3n) is 6.26. The van der Waals surface area contributed by atoms with Crippen LogP contribution >= 0.6 is 0 Å². The first-order valence-electron chi connectivity index (χ1n) is 9.42. The zero-order valence-electron chi connectivity index (χ0n) is 14.8. The molecule has 2 bridgehead atoms. The van der Waals surface area contributed by atoms with Crippen LogP contribution in [0.3, 0.4) is 0 Å². The van der Waals surface area contributed by atoms with Gasteiger partial charge in [0, 0.05) is 43.2 Å². The lowest BCUT2D eigenvalue weighted by Crippen LogP contribution is -2.52. The Morgan fingerprint density at radius 2 is 1.75 bits per heavy atom. The average Bonchev–Trinajstić information content (AvgIpc) is 2.87. The van der Waals surface area contributed by atoms with Gasteiger partial charge in [0.15, 0.2) is 0 Å². The smallest absolute Gasteiger partial charge is 0.133 e. The highest BCUT2D eigenvalue weighted by atomic mass is 16.1. The first kappa shape index (κ1) is 16.0. The van der Waals surface area contributed by atoms with E-state index in [2.05, 4.69) is 27.9 Å². The number of nitrogens with zero attached hydrogens (tertiary/aromatic N) is 4. The molecule has 1 saturated carbocycles. The second-order valence-corrected chi connectivity index (χ2v) is 7.95. The van der Waals surface area contributed by atoms with Crippen molar-refractivity contribution in [2.45, 2.75) is 63.5 Å². The van der Waals surface area contributed by atoms with Gasteiger partial charge < -0.3 is 9.80 Å². The van der Waals surface area contributed by atoms with Crippen LogP contribution in [0.25, 0.3) is 0 Å². The summed E-state index contributed by atoms with van der Waals surface area (Å²) in [6.07, 6.45) is 8.57. The van der Waals surface area contributed by atoms with E-state index in [0.29, 0.717) is 23.8 Å². The van der Waals surface area contributed by atoms with Crippen LogP contribution in [0.4, 0.5) is 5.82 Å². The Labute approximate surface area is 144 Å². The molecular weight excluding hydrogens is 300 g/mol. The number of Topliss-reactive ketones (excluding diaryl/α,β-unsaturated/α-hetero) is 1. The Balaban J connectivity index is 1.50. The molecule has 3 heterocycles. The molecular formula is C19H28N4O. The topological polar surface area (TPSA) is 49.3 Å². The number of piperazine rings is 1. The van der Waals surface area contributed by atoms with Crippen molar-refractivity contribution in [2.24, 2.45) is 5.92 Å². The molecule has 130 valence electrons. The molecule has 5 nitrogen and oxygen atoms in total. The molecule has 0 aromatic carbocycles. The van der Waals surface area contributed by atoms with Gasteiger partial charge in [-0.15, -0.1) is 0 Å². The van der Waals surface area contributed by atoms with Gasteiger partial charge in [-0.3, -0.25) is 4.79 Å². The summed E-state index contributed by atoms with van der Waals surface area (Å²) >= 11 is 0. The highest BCUT2D eigenvalue weighted by Crippen LogP contribution is 2.37. The number of fused-ring (bicyclic) bond motifs is 2. The van der Waals surface area contributed by atoms with Crippen molar-refractivity contribution in [3.8, 4) is 0 Å². The van der Waals surface area contributed by atoms with Crippen molar-refractivity contribution in [2.75, 3.05) is 25.0 Å². The number of likely N-dealkylation sites (tertiary alicyclic amines) is 1. The molecule has 5 heteroatoms. The van der Waals surface area contributed by atoms with Gasteiger partial charge in [-0.2, -0.15) is 0 Å². The molecule has 24 heavy (non-hydrogen) atoms. The highest BCUT2D eigenvalue weighted by molar-refractivity contribution is 5.78. The van der Waals surface area contributed by atoms with E-state index in [1.54, 1.807) is 6.92 Å². The Morgan fingerprint density at radius 3 is 2.38 bits per heavy atom. The fourth-order valence-electron chi connectivity index (χ4n) is 4.95. The maximum Gasteiger partial charge on any atom is 0.133 e. The summed E-state index contributed by atoms with van der Waals surface area (Å²) in [6, 6.07) is 3.29. The molecule has 0 spiro atoms. The van der Waals surface area contributed by atoms with E-state index < -0.39 is 0 Å². The summed E-state index contributed by atoms with van der Waals surface area (Å²) in [6.45, 7) is 4.00. The number of hydrogen-bond donors (Lipinski definition) is 0. The number of likely N-dealkylation sites (N-methyl/N-ethyl adjacent to an activating group) is 1. The van der Waals surface area contributed by atoms with E-state index in [1.807, 2.05) is 6.20 Å². The van der Waals surface area contributed by atoms with E-state index in [0.717, 1.165) is 50.4 Å². The lowest BCUT2D eigenvalue weighted by Gasteiger charge is -2.40. The average molecular weight is 328 g/mol. The van der Waals surface area contributed by atoms with Crippen molar-refractivity contribution in [3.63, 3.8) is 0 Å². The monoisotopic (exact) mass is 328 g/mol. The van der Waals surface area contributed by atoms with Gasteiger partial charge in [0.1, 0.15) is 17.4 Å². The molecule has 0 N–H and O–H groups in total. The van der Waals surface area contributed by atoms with Crippen LogP contribution < -0.4 is 4.90 Å².